The zero-order valence-electron chi connectivity index (χ0n) is 12.5. The number of rotatable bonds is 2. The number of nitrogens with zero attached hydrogens (tertiary/aromatic N) is 3. The third kappa shape index (κ3) is 2.18. The SMILES string of the molecule is Cc1cc(C(=O)N=Nc2c(O)n(C)c3ccccc23)c(C)o1. The van der Waals surface area contributed by atoms with Crippen molar-refractivity contribution in [2.75, 3.05) is 0 Å². The van der Waals surface area contributed by atoms with E-state index >= 15 is 0 Å². The Morgan fingerprint density at radius 2 is 2.00 bits per heavy atom. The minimum Gasteiger partial charge on any atom is -0.493 e. The Hall–Kier alpha value is -2.89. The van der Waals surface area contributed by atoms with E-state index in [1.165, 1.54) is 0 Å². The van der Waals surface area contributed by atoms with Gasteiger partial charge in [-0.15, -0.1) is 10.2 Å². The van der Waals surface area contributed by atoms with Crippen LogP contribution in [0.1, 0.15) is 21.9 Å². The molecule has 0 aliphatic heterocycles. The van der Waals surface area contributed by atoms with Gasteiger partial charge in [0.15, 0.2) is 5.69 Å². The molecule has 0 bridgehead atoms. The largest absolute Gasteiger partial charge is 0.493 e. The Morgan fingerprint density at radius 1 is 1.27 bits per heavy atom. The van der Waals surface area contributed by atoms with Gasteiger partial charge in [0.2, 0.25) is 5.88 Å². The zero-order valence-corrected chi connectivity index (χ0v) is 12.5. The minimum atomic E-state index is -0.498. The fourth-order valence-electron chi connectivity index (χ4n) is 2.45. The Balaban J connectivity index is 2.01. The molecule has 0 fully saturated rings. The number of fused-ring (bicyclic) bond motifs is 1. The molecule has 0 saturated heterocycles. The second-order valence-electron chi connectivity index (χ2n) is 5.08. The van der Waals surface area contributed by atoms with Crippen LogP contribution in [-0.2, 0) is 7.05 Å². The van der Waals surface area contributed by atoms with Gasteiger partial charge in [0.25, 0.3) is 5.91 Å². The van der Waals surface area contributed by atoms with Gasteiger partial charge in [-0.1, -0.05) is 18.2 Å². The van der Waals surface area contributed by atoms with Gasteiger partial charge in [-0.05, 0) is 26.0 Å². The first-order chi connectivity index (χ1) is 10.5. The molecule has 6 nitrogen and oxygen atoms in total. The number of aromatic hydroxyl groups is 1. The number of para-hydroxylation sites is 1. The molecule has 0 aliphatic carbocycles. The zero-order chi connectivity index (χ0) is 15.9. The predicted octanol–water partition coefficient (Wildman–Crippen LogP) is 4.02. The summed E-state index contributed by atoms with van der Waals surface area (Å²) in [5, 5.41) is 18.5. The molecule has 3 rings (SSSR count). The number of amides is 1. The molecule has 0 aliphatic rings. The van der Waals surface area contributed by atoms with Crippen molar-refractivity contribution in [3.63, 3.8) is 0 Å². The number of benzene rings is 1. The van der Waals surface area contributed by atoms with E-state index in [1.807, 2.05) is 24.3 Å². The van der Waals surface area contributed by atoms with E-state index < -0.39 is 5.91 Å². The van der Waals surface area contributed by atoms with Crippen LogP contribution >= 0.6 is 0 Å². The van der Waals surface area contributed by atoms with E-state index in [1.54, 1.807) is 31.5 Å². The summed E-state index contributed by atoms with van der Waals surface area (Å²) in [6, 6.07) is 9.01. The van der Waals surface area contributed by atoms with Crippen LogP contribution < -0.4 is 0 Å². The highest BCUT2D eigenvalue weighted by atomic mass is 16.3. The molecule has 0 unspecified atom stereocenters. The van der Waals surface area contributed by atoms with E-state index in [4.69, 9.17) is 4.42 Å². The van der Waals surface area contributed by atoms with Crippen molar-refractivity contribution in [2.45, 2.75) is 13.8 Å². The number of aromatic nitrogens is 1. The first-order valence-electron chi connectivity index (χ1n) is 6.78. The molecule has 0 spiro atoms. The second-order valence-corrected chi connectivity index (χ2v) is 5.08. The summed E-state index contributed by atoms with van der Waals surface area (Å²) >= 11 is 0. The van der Waals surface area contributed by atoms with Gasteiger partial charge in [0, 0.05) is 12.4 Å². The Bertz CT molecular complexity index is 903. The molecule has 6 heteroatoms. The van der Waals surface area contributed by atoms with Gasteiger partial charge in [-0.2, -0.15) is 0 Å². The maximum Gasteiger partial charge on any atom is 0.298 e. The normalized spacial score (nSPS) is 11.6. The van der Waals surface area contributed by atoms with Crippen LogP contribution in [0.4, 0.5) is 5.69 Å². The standard InChI is InChI=1S/C16H15N3O3/c1-9-8-12(10(2)22-9)15(20)18-17-14-11-6-4-5-7-13(11)19(3)16(14)21/h4-8,21H,1-3H3. The number of azo groups is 1. The van der Waals surface area contributed by atoms with Gasteiger partial charge in [0.1, 0.15) is 11.5 Å². The minimum absolute atomic E-state index is 0.0298. The lowest BCUT2D eigenvalue weighted by Crippen LogP contribution is -1.93. The summed E-state index contributed by atoms with van der Waals surface area (Å²) in [4.78, 5) is 12.1. The quantitative estimate of drug-likeness (QED) is 0.725. The van der Waals surface area contributed by atoms with Gasteiger partial charge in [-0.3, -0.25) is 4.79 Å². The lowest BCUT2D eigenvalue weighted by atomic mass is 10.2. The van der Waals surface area contributed by atoms with Crippen LogP contribution in [0.15, 0.2) is 45.0 Å². The molecule has 3 aromatic rings. The highest BCUT2D eigenvalue weighted by Gasteiger charge is 2.16. The van der Waals surface area contributed by atoms with E-state index in [2.05, 4.69) is 10.2 Å². The topological polar surface area (TPSA) is 80.1 Å². The Labute approximate surface area is 126 Å². The molecule has 1 aromatic carbocycles. The number of hydrogen-bond acceptors (Lipinski definition) is 4. The van der Waals surface area contributed by atoms with Crippen LogP contribution in [0.5, 0.6) is 5.88 Å². The number of hydrogen-bond donors (Lipinski definition) is 1. The molecule has 1 amide bonds. The third-order valence-corrected chi connectivity index (χ3v) is 3.56. The summed E-state index contributed by atoms with van der Waals surface area (Å²) in [7, 11) is 1.72. The Morgan fingerprint density at radius 3 is 2.68 bits per heavy atom. The molecule has 22 heavy (non-hydrogen) atoms. The molecule has 112 valence electrons. The van der Waals surface area contributed by atoms with Crippen molar-refractivity contribution >= 4 is 22.5 Å². The van der Waals surface area contributed by atoms with E-state index in [0.29, 0.717) is 17.1 Å². The monoisotopic (exact) mass is 297 g/mol. The van der Waals surface area contributed by atoms with Crippen LogP contribution in [0.2, 0.25) is 0 Å². The van der Waals surface area contributed by atoms with Crippen LogP contribution in [0.3, 0.4) is 0 Å². The van der Waals surface area contributed by atoms with Gasteiger partial charge >= 0.3 is 0 Å². The highest BCUT2D eigenvalue weighted by molar-refractivity contribution is 5.97. The summed E-state index contributed by atoms with van der Waals surface area (Å²) in [5.41, 5.74) is 1.47. The maximum atomic E-state index is 12.1. The molecule has 2 heterocycles. The van der Waals surface area contributed by atoms with Crippen molar-refractivity contribution in [1.82, 2.24) is 4.57 Å². The lowest BCUT2D eigenvalue weighted by molar-refractivity contribution is 0.0993. The molecule has 0 atom stereocenters. The van der Waals surface area contributed by atoms with Gasteiger partial charge in [-0.25, -0.2) is 0 Å². The van der Waals surface area contributed by atoms with E-state index in [0.717, 1.165) is 10.9 Å². The highest BCUT2D eigenvalue weighted by Crippen LogP contribution is 2.37. The second kappa shape index (κ2) is 5.14. The summed E-state index contributed by atoms with van der Waals surface area (Å²) in [6.45, 7) is 3.46. The number of carbonyl (C=O) groups excluding carboxylic acids is 1. The predicted molar refractivity (Wildman–Crippen MR) is 81.6 cm³/mol. The summed E-state index contributed by atoms with van der Waals surface area (Å²) < 4.78 is 6.91. The van der Waals surface area contributed by atoms with Crippen molar-refractivity contribution in [2.24, 2.45) is 17.3 Å². The maximum absolute atomic E-state index is 12.1. The first-order valence-corrected chi connectivity index (χ1v) is 6.78. The Kier molecular flexibility index (Phi) is 3.29. The fraction of sp³-hybridized carbons (Fsp3) is 0.188. The lowest BCUT2D eigenvalue weighted by Gasteiger charge is -1.95. The van der Waals surface area contributed by atoms with Crippen molar-refractivity contribution in [3.05, 3.63) is 47.4 Å². The summed E-state index contributed by atoms with van der Waals surface area (Å²) in [5.74, 6) is 0.618. The number of aryl methyl sites for hydroxylation is 3. The average molecular weight is 297 g/mol. The molecular formula is C16H15N3O3. The van der Waals surface area contributed by atoms with Gasteiger partial charge < -0.3 is 14.1 Å². The smallest absolute Gasteiger partial charge is 0.298 e. The average Bonchev–Trinajstić information content (AvgIpc) is 2.96. The van der Waals surface area contributed by atoms with Crippen molar-refractivity contribution in [1.29, 1.82) is 0 Å². The fourth-order valence-corrected chi connectivity index (χ4v) is 2.45. The third-order valence-electron chi connectivity index (χ3n) is 3.56. The van der Waals surface area contributed by atoms with Crippen LogP contribution in [0, 0.1) is 13.8 Å². The molecule has 0 saturated carbocycles. The molecule has 0 radical (unpaired) electrons. The van der Waals surface area contributed by atoms with E-state index in [9.17, 15) is 9.90 Å². The van der Waals surface area contributed by atoms with Crippen LogP contribution in [-0.4, -0.2) is 15.6 Å². The first kappa shape index (κ1) is 14.1. The van der Waals surface area contributed by atoms with Gasteiger partial charge in [0.05, 0.1) is 11.1 Å². The van der Waals surface area contributed by atoms with Crippen molar-refractivity contribution < 1.29 is 14.3 Å². The number of furan rings is 1. The number of carbonyl (C=O) groups is 1. The van der Waals surface area contributed by atoms with E-state index in [-0.39, 0.29) is 11.6 Å². The summed E-state index contributed by atoms with van der Waals surface area (Å²) in [6.07, 6.45) is 0. The molecule has 2 aromatic heterocycles. The van der Waals surface area contributed by atoms with Crippen molar-refractivity contribution in [3.8, 4) is 5.88 Å². The molecular weight excluding hydrogens is 282 g/mol. The molecule has 1 N–H and O–H groups in total. The van der Waals surface area contributed by atoms with Crippen LogP contribution in [0.25, 0.3) is 10.9 Å².